The number of benzene rings is 1. The molecule has 1 saturated heterocycles. The van der Waals surface area contributed by atoms with E-state index in [4.69, 9.17) is 4.52 Å². The summed E-state index contributed by atoms with van der Waals surface area (Å²) in [4.78, 5) is 39.1. The molecule has 0 saturated carbocycles. The number of amides is 2. The minimum atomic E-state index is -0.361. The second-order valence-electron chi connectivity index (χ2n) is 9.91. The molecule has 1 fully saturated rings. The fourth-order valence-electron chi connectivity index (χ4n) is 4.69. The fourth-order valence-corrected chi connectivity index (χ4v) is 4.69. The van der Waals surface area contributed by atoms with E-state index in [1.54, 1.807) is 29.5 Å². The number of hydrogen-bond acceptors (Lipinski definition) is 6. The van der Waals surface area contributed by atoms with Gasteiger partial charge in [-0.25, -0.2) is 0 Å². The predicted octanol–water partition coefficient (Wildman–Crippen LogP) is 4.16. The van der Waals surface area contributed by atoms with E-state index in [-0.39, 0.29) is 29.8 Å². The van der Waals surface area contributed by atoms with Gasteiger partial charge in [0.25, 0.3) is 5.91 Å². The Morgan fingerprint density at radius 2 is 2.00 bits per heavy atom. The van der Waals surface area contributed by atoms with E-state index in [0.29, 0.717) is 18.7 Å². The molecule has 8 nitrogen and oxygen atoms in total. The van der Waals surface area contributed by atoms with Crippen LogP contribution in [0.1, 0.15) is 39.2 Å². The first-order valence-corrected chi connectivity index (χ1v) is 13.0. The van der Waals surface area contributed by atoms with Crippen LogP contribution in [0.25, 0.3) is 11.1 Å². The second kappa shape index (κ2) is 13.7. The van der Waals surface area contributed by atoms with Crippen molar-refractivity contribution in [3.63, 3.8) is 0 Å². The SMILES string of the molecule is C=CC1=C(/C=C\C)C(=O)N(C(C=O)C(C)C)C1.CN1CCCC1C(=O)NCc1ccc(-c2cnoc2)cc1. The van der Waals surface area contributed by atoms with Crippen molar-refractivity contribution in [1.82, 2.24) is 20.3 Å². The Hall–Kier alpha value is -3.78. The highest BCUT2D eigenvalue weighted by atomic mass is 16.5. The van der Waals surface area contributed by atoms with Gasteiger partial charge in [-0.1, -0.05) is 68.1 Å². The largest absolute Gasteiger partial charge is 0.364 e. The molecule has 1 aromatic carbocycles. The first-order chi connectivity index (χ1) is 18.3. The molecule has 1 N–H and O–H groups in total. The van der Waals surface area contributed by atoms with Crippen molar-refractivity contribution in [2.75, 3.05) is 20.1 Å². The molecule has 0 radical (unpaired) electrons. The lowest BCUT2D eigenvalue weighted by Crippen LogP contribution is -2.42. The van der Waals surface area contributed by atoms with Gasteiger partial charge in [0.05, 0.1) is 18.3 Å². The van der Waals surface area contributed by atoms with Gasteiger partial charge in [0.15, 0.2) is 0 Å². The number of likely N-dealkylation sites (tertiary alicyclic amines) is 1. The van der Waals surface area contributed by atoms with Crippen LogP contribution in [-0.2, 0) is 20.9 Å². The first kappa shape index (κ1) is 28.8. The van der Waals surface area contributed by atoms with Crippen LogP contribution in [0, 0.1) is 5.92 Å². The molecule has 2 amide bonds. The van der Waals surface area contributed by atoms with Crippen molar-refractivity contribution >= 4 is 18.1 Å². The van der Waals surface area contributed by atoms with Gasteiger partial charge in [0.1, 0.15) is 12.5 Å². The van der Waals surface area contributed by atoms with E-state index < -0.39 is 0 Å². The predicted molar refractivity (Wildman–Crippen MR) is 148 cm³/mol. The summed E-state index contributed by atoms with van der Waals surface area (Å²) in [5.41, 5.74) is 4.64. The smallest absolute Gasteiger partial charge is 0.255 e. The average Bonchev–Trinajstić information content (AvgIpc) is 3.66. The van der Waals surface area contributed by atoms with Crippen LogP contribution in [0.5, 0.6) is 0 Å². The van der Waals surface area contributed by atoms with Crippen molar-refractivity contribution in [1.29, 1.82) is 0 Å². The molecule has 0 spiro atoms. The Morgan fingerprint density at radius 1 is 1.26 bits per heavy atom. The monoisotopic (exact) mass is 518 g/mol. The Labute approximate surface area is 225 Å². The van der Waals surface area contributed by atoms with Crippen LogP contribution >= 0.6 is 0 Å². The van der Waals surface area contributed by atoms with Gasteiger partial charge in [0, 0.05) is 24.2 Å². The maximum absolute atomic E-state index is 12.2. The summed E-state index contributed by atoms with van der Waals surface area (Å²) in [6, 6.07) is 7.72. The van der Waals surface area contributed by atoms with Gasteiger partial charge in [-0.3, -0.25) is 14.5 Å². The molecule has 8 heteroatoms. The number of nitrogens with zero attached hydrogens (tertiary/aromatic N) is 3. The van der Waals surface area contributed by atoms with Gasteiger partial charge in [-0.15, -0.1) is 0 Å². The number of nitrogens with one attached hydrogen (secondary N) is 1. The highest BCUT2D eigenvalue weighted by molar-refractivity contribution is 6.01. The maximum Gasteiger partial charge on any atom is 0.255 e. The molecule has 202 valence electrons. The molecule has 2 atom stereocenters. The minimum Gasteiger partial charge on any atom is -0.364 e. The quantitative estimate of drug-likeness (QED) is 0.501. The number of likely N-dealkylation sites (N-methyl/N-ethyl adjacent to an activating group) is 1. The zero-order valence-corrected chi connectivity index (χ0v) is 22.7. The van der Waals surface area contributed by atoms with Crippen LogP contribution in [-0.4, -0.2) is 65.3 Å². The fraction of sp³-hybridized carbons (Fsp3) is 0.400. The lowest BCUT2D eigenvalue weighted by molar-refractivity contribution is -0.132. The van der Waals surface area contributed by atoms with Crippen molar-refractivity contribution < 1.29 is 18.9 Å². The molecule has 38 heavy (non-hydrogen) atoms. The van der Waals surface area contributed by atoms with Gasteiger partial charge >= 0.3 is 0 Å². The van der Waals surface area contributed by atoms with E-state index in [0.717, 1.165) is 47.9 Å². The number of allylic oxidation sites excluding steroid dienone is 1. The number of aldehydes is 1. The molecule has 2 unspecified atom stereocenters. The van der Waals surface area contributed by atoms with Crippen LogP contribution in [0.15, 0.2) is 77.2 Å². The summed E-state index contributed by atoms with van der Waals surface area (Å²) in [6.07, 6.45) is 11.5. The van der Waals surface area contributed by atoms with E-state index in [2.05, 4.69) is 22.0 Å². The molecule has 0 bridgehead atoms. The van der Waals surface area contributed by atoms with E-state index in [9.17, 15) is 14.4 Å². The second-order valence-corrected chi connectivity index (χ2v) is 9.91. The summed E-state index contributed by atoms with van der Waals surface area (Å²) in [5, 5.41) is 6.71. The normalized spacial score (nSPS) is 18.6. The van der Waals surface area contributed by atoms with E-state index in [1.165, 1.54) is 0 Å². The third-order valence-electron chi connectivity index (χ3n) is 6.95. The van der Waals surface area contributed by atoms with Gasteiger partial charge in [0.2, 0.25) is 5.91 Å². The van der Waals surface area contributed by atoms with Gasteiger partial charge < -0.3 is 19.5 Å². The Balaban J connectivity index is 0.000000216. The summed E-state index contributed by atoms with van der Waals surface area (Å²) in [6.45, 7) is 11.5. The third-order valence-corrected chi connectivity index (χ3v) is 6.95. The van der Waals surface area contributed by atoms with Crippen LogP contribution < -0.4 is 5.32 Å². The molecule has 1 aromatic heterocycles. The Bertz CT molecular complexity index is 1170. The summed E-state index contributed by atoms with van der Waals surface area (Å²) >= 11 is 0. The van der Waals surface area contributed by atoms with Crippen LogP contribution in [0.3, 0.4) is 0 Å². The third kappa shape index (κ3) is 6.95. The molecule has 0 aliphatic carbocycles. The summed E-state index contributed by atoms with van der Waals surface area (Å²) in [7, 11) is 2.00. The zero-order valence-electron chi connectivity index (χ0n) is 22.7. The topological polar surface area (TPSA) is 95.8 Å². The molecule has 2 aliphatic heterocycles. The molecular weight excluding hydrogens is 480 g/mol. The molecule has 2 aliphatic rings. The highest BCUT2D eigenvalue weighted by Gasteiger charge is 2.33. The maximum atomic E-state index is 12.2. The van der Waals surface area contributed by atoms with Crippen LogP contribution in [0.4, 0.5) is 0 Å². The van der Waals surface area contributed by atoms with Crippen LogP contribution in [0.2, 0.25) is 0 Å². The minimum absolute atomic E-state index is 0.0290. The Morgan fingerprint density at radius 3 is 2.53 bits per heavy atom. The molecule has 4 rings (SSSR count). The standard InChI is InChI=1S/C16H19N3O2.C14H19NO2/c1-19-8-2-3-15(19)16(20)17-9-12-4-6-13(7-5-12)14-10-18-21-11-14;1-5-7-12-11(6-2)8-15(14(12)17)13(9-16)10(3)4/h4-7,10-11,15H,2-3,8-9H2,1H3,(H,17,20);5-7,9-10,13H,2,8H2,1,3-4H3/b;7-5-. The number of carbonyl (C=O) groups excluding carboxylic acids is 3. The lowest BCUT2D eigenvalue weighted by atomic mass is 10.0. The average molecular weight is 519 g/mol. The first-order valence-electron chi connectivity index (χ1n) is 13.0. The van der Waals surface area contributed by atoms with Crippen molar-refractivity contribution in [2.45, 2.75) is 52.2 Å². The lowest BCUT2D eigenvalue weighted by Gasteiger charge is -2.26. The number of rotatable bonds is 9. The van der Waals surface area contributed by atoms with E-state index >= 15 is 0 Å². The molecule has 3 heterocycles. The van der Waals surface area contributed by atoms with E-state index in [1.807, 2.05) is 58.2 Å². The van der Waals surface area contributed by atoms with Crippen molar-refractivity contribution in [2.24, 2.45) is 5.92 Å². The number of hydrogen-bond donors (Lipinski definition) is 1. The molecular formula is C30H38N4O4. The van der Waals surface area contributed by atoms with Crippen molar-refractivity contribution in [3.8, 4) is 11.1 Å². The Kier molecular flexibility index (Phi) is 10.4. The number of carbonyl (C=O) groups is 3. The zero-order chi connectivity index (χ0) is 27.7. The van der Waals surface area contributed by atoms with Crippen molar-refractivity contribution in [3.05, 3.63) is 78.2 Å². The summed E-state index contributed by atoms with van der Waals surface area (Å²) < 4.78 is 4.83. The number of aromatic nitrogens is 1. The molecule has 2 aromatic rings. The van der Waals surface area contributed by atoms with Gasteiger partial charge in [-0.2, -0.15) is 0 Å². The summed E-state index contributed by atoms with van der Waals surface area (Å²) in [5.74, 6) is 0.161. The highest BCUT2D eigenvalue weighted by Crippen LogP contribution is 2.25. The van der Waals surface area contributed by atoms with Gasteiger partial charge in [-0.05, 0) is 56.0 Å².